The lowest BCUT2D eigenvalue weighted by atomic mass is 9.55. The molecule has 0 saturated heterocycles. The van der Waals surface area contributed by atoms with Crippen molar-refractivity contribution in [3.8, 4) is 5.75 Å². The number of phenols is 1. The number of hydrogen-bond acceptors (Lipinski definition) is 2. The van der Waals surface area contributed by atoms with Crippen LogP contribution in [0.1, 0.15) is 69.4 Å². The second-order valence-electron chi connectivity index (χ2n) is 8.57. The van der Waals surface area contributed by atoms with Crippen molar-refractivity contribution < 1.29 is 10.2 Å². The van der Waals surface area contributed by atoms with Crippen LogP contribution in [0.3, 0.4) is 0 Å². The Morgan fingerprint density at radius 2 is 2.09 bits per heavy atom. The highest BCUT2D eigenvalue weighted by molar-refractivity contribution is 5.40. The maximum atomic E-state index is 11.0. The fourth-order valence-corrected chi connectivity index (χ4v) is 6.37. The molecule has 2 N–H and O–H groups in total. The third kappa shape index (κ3) is 2.25. The Hall–Kier alpha value is -1.02. The van der Waals surface area contributed by atoms with Gasteiger partial charge in [-0.3, -0.25) is 0 Å². The van der Waals surface area contributed by atoms with Gasteiger partial charge in [-0.1, -0.05) is 26.3 Å². The van der Waals surface area contributed by atoms with Gasteiger partial charge < -0.3 is 10.2 Å². The molecule has 3 aliphatic carbocycles. The van der Waals surface area contributed by atoms with E-state index in [0.29, 0.717) is 23.5 Å². The Labute approximate surface area is 139 Å². The van der Waals surface area contributed by atoms with Crippen LogP contribution in [0.15, 0.2) is 18.2 Å². The molecular weight excluding hydrogens is 284 g/mol. The summed E-state index contributed by atoms with van der Waals surface area (Å²) in [5.74, 6) is 2.96. The lowest BCUT2D eigenvalue weighted by molar-refractivity contribution is -0.0333. The molecule has 0 radical (unpaired) electrons. The van der Waals surface area contributed by atoms with Crippen molar-refractivity contribution in [2.24, 2.45) is 23.2 Å². The van der Waals surface area contributed by atoms with E-state index >= 15 is 0 Å². The topological polar surface area (TPSA) is 40.5 Å². The Balaban J connectivity index is 1.65. The molecule has 1 aromatic carbocycles. The molecule has 0 amide bonds. The zero-order chi connectivity index (χ0) is 16.2. The fourth-order valence-electron chi connectivity index (χ4n) is 6.37. The average molecular weight is 314 g/mol. The Morgan fingerprint density at radius 1 is 1.26 bits per heavy atom. The Morgan fingerprint density at radius 3 is 2.87 bits per heavy atom. The summed E-state index contributed by atoms with van der Waals surface area (Å²) in [6.07, 6.45) is 8.15. The van der Waals surface area contributed by atoms with E-state index in [1.807, 2.05) is 12.1 Å². The van der Waals surface area contributed by atoms with Crippen LogP contribution in [0.4, 0.5) is 0 Å². The third-order valence-electron chi connectivity index (χ3n) is 7.49. The van der Waals surface area contributed by atoms with Gasteiger partial charge in [-0.05, 0) is 90.9 Å². The normalized spacial score (nSPS) is 42.0. The van der Waals surface area contributed by atoms with Gasteiger partial charge in [-0.15, -0.1) is 0 Å². The molecule has 2 nitrogen and oxygen atoms in total. The second-order valence-corrected chi connectivity index (χ2v) is 8.57. The molecule has 1 aromatic rings. The monoisotopic (exact) mass is 314 g/mol. The van der Waals surface area contributed by atoms with Gasteiger partial charge in [0.25, 0.3) is 0 Å². The first-order valence-corrected chi connectivity index (χ1v) is 9.54. The van der Waals surface area contributed by atoms with Crippen LogP contribution in [0.25, 0.3) is 0 Å². The highest BCUT2D eigenvalue weighted by atomic mass is 16.3. The number of aliphatic hydroxyl groups is 1. The number of aromatic hydroxyl groups is 1. The number of benzene rings is 1. The van der Waals surface area contributed by atoms with E-state index in [1.165, 1.54) is 43.2 Å². The van der Waals surface area contributed by atoms with E-state index in [9.17, 15) is 10.2 Å². The molecule has 0 spiro atoms. The first-order chi connectivity index (χ1) is 11.0. The number of phenolic OH excluding ortho intramolecular Hbond substituents is 1. The van der Waals surface area contributed by atoms with Crippen LogP contribution in [0, 0.1) is 23.2 Å². The highest BCUT2D eigenvalue weighted by Crippen LogP contribution is 2.62. The van der Waals surface area contributed by atoms with Crippen molar-refractivity contribution in [1.29, 1.82) is 0 Å². The number of rotatable bonds is 2. The van der Waals surface area contributed by atoms with Gasteiger partial charge in [-0.2, -0.15) is 0 Å². The number of aliphatic hydroxyl groups excluding tert-OH is 1. The summed E-state index contributed by atoms with van der Waals surface area (Å²) in [6.45, 7) is 4.60. The molecule has 23 heavy (non-hydrogen) atoms. The second kappa shape index (κ2) is 5.51. The van der Waals surface area contributed by atoms with E-state index < -0.39 is 0 Å². The van der Waals surface area contributed by atoms with Crippen molar-refractivity contribution in [3.63, 3.8) is 0 Å². The summed E-state index contributed by atoms with van der Waals surface area (Å²) in [6, 6.07) is 6.00. The van der Waals surface area contributed by atoms with Gasteiger partial charge in [0, 0.05) is 0 Å². The molecule has 0 heterocycles. The first-order valence-electron chi connectivity index (χ1n) is 9.54. The minimum Gasteiger partial charge on any atom is -0.508 e. The zero-order valence-electron chi connectivity index (χ0n) is 14.5. The maximum Gasteiger partial charge on any atom is 0.115 e. The molecule has 126 valence electrons. The van der Waals surface area contributed by atoms with Gasteiger partial charge in [-0.25, -0.2) is 0 Å². The number of hydrogen-bond donors (Lipinski definition) is 2. The van der Waals surface area contributed by atoms with Crippen LogP contribution in [0.2, 0.25) is 0 Å². The minimum atomic E-state index is -0.102. The summed E-state index contributed by atoms with van der Waals surface area (Å²) in [5.41, 5.74) is 2.98. The van der Waals surface area contributed by atoms with Crippen molar-refractivity contribution >= 4 is 0 Å². The van der Waals surface area contributed by atoms with E-state index in [0.717, 1.165) is 18.8 Å². The summed E-state index contributed by atoms with van der Waals surface area (Å²) in [7, 11) is 0. The van der Waals surface area contributed by atoms with Gasteiger partial charge in [0.15, 0.2) is 0 Å². The smallest absolute Gasteiger partial charge is 0.115 e. The van der Waals surface area contributed by atoms with Crippen molar-refractivity contribution in [3.05, 3.63) is 29.3 Å². The predicted octanol–water partition coefficient (Wildman–Crippen LogP) is 4.64. The van der Waals surface area contributed by atoms with Crippen LogP contribution in [-0.2, 0) is 6.42 Å². The lowest BCUT2D eigenvalue weighted by Crippen LogP contribution is -2.44. The quantitative estimate of drug-likeness (QED) is 0.835. The lowest BCUT2D eigenvalue weighted by Gasteiger charge is -2.50. The first kappa shape index (κ1) is 15.5. The van der Waals surface area contributed by atoms with Gasteiger partial charge in [0.05, 0.1) is 6.10 Å². The van der Waals surface area contributed by atoms with E-state index in [-0.39, 0.29) is 11.5 Å². The van der Waals surface area contributed by atoms with E-state index in [2.05, 4.69) is 19.9 Å². The molecule has 4 rings (SSSR count). The van der Waals surface area contributed by atoms with Gasteiger partial charge >= 0.3 is 0 Å². The molecular formula is C21H30O2. The molecule has 2 fully saturated rings. The Bertz CT molecular complexity index is 596. The fraction of sp³-hybridized carbons (Fsp3) is 0.714. The molecule has 0 bridgehead atoms. The summed E-state index contributed by atoms with van der Waals surface area (Å²) in [4.78, 5) is 0. The molecule has 2 heteroatoms. The molecule has 0 aromatic heterocycles. The highest BCUT2D eigenvalue weighted by Gasteiger charge is 2.57. The molecule has 2 saturated carbocycles. The largest absolute Gasteiger partial charge is 0.508 e. The minimum absolute atomic E-state index is 0.102. The Kier molecular flexibility index (Phi) is 3.72. The van der Waals surface area contributed by atoms with Crippen LogP contribution in [0.5, 0.6) is 5.75 Å². The van der Waals surface area contributed by atoms with Crippen molar-refractivity contribution in [2.75, 3.05) is 0 Å². The van der Waals surface area contributed by atoms with E-state index in [1.54, 1.807) is 0 Å². The number of fused-ring (bicyclic) bond motifs is 5. The molecule has 0 aliphatic heterocycles. The van der Waals surface area contributed by atoms with Crippen molar-refractivity contribution in [1.82, 2.24) is 0 Å². The third-order valence-corrected chi connectivity index (χ3v) is 7.49. The van der Waals surface area contributed by atoms with Crippen LogP contribution in [-0.4, -0.2) is 16.3 Å². The predicted molar refractivity (Wildman–Crippen MR) is 92.5 cm³/mol. The van der Waals surface area contributed by atoms with Crippen LogP contribution < -0.4 is 0 Å². The van der Waals surface area contributed by atoms with Crippen LogP contribution >= 0.6 is 0 Å². The SMILES string of the molecule is CCC[C@H]1C[C@H]2[C@@H]3CCc4cc(O)ccc4[C@H]3CC[C@]2(C)[C@H]1O. The maximum absolute atomic E-state index is 11.0. The van der Waals surface area contributed by atoms with E-state index in [4.69, 9.17) is 0 Å². The van der Waals surface area contributed by atoms with Crippen molar-refractivity contribution in [2.45, 2.75) is 70.8 Å². The molecule has 6 atom stereocenters. The average Bonchev–Trinajstić information content (AvgIpc) is 2.79. The summed E-state index contributed by atoms with van der Waals surface area (Å²) >= 11 is 0. The molecule has 0 unspecified atom stereocenters. The number of aryl methyl sites for hydroxylation is 1. The van der Waals surface area contributed by atoms with Gasteiger partial charge in [0.2, 0.25) is 0 Å². The zero-order valence-corrected chi connectivity index (χ0v) is 14.5. The summed E-state index contributed by atoms with van der Waals surface area (Å²) < 4.78 is 0. The van der Waals surface area contributed by atoms with Gasteiger partial charge in [0.1, 0.15) is 5.75 Å². The summed E-state index contributed by atoms with van der Waals surface area (Å²) in [5, 5.41) is 20.7. The standard InChI is InChI=1S/C21H30O2/c1-3-4-14-12-19-18-7-5-13-11-15(22)6-8-16(13)17(18)9-10-21(19,2)20(14)23/h6,8,11,14,17-20,22-23H,3-5,7,9-10,12H2,1-2H3/t14-,17+,18+,19-,20-,21-/m0/s1. The molecule has 3 aliphatic rings.